The summed E-state index contributed by atoms with van der Waals surface area (Å²) in [6.07, 6.45) is 2.82. The zero-order chi connectivity index (χ0) is 17.1. The Morgan fingerprint density at radius 1 is 1.38 bits per heavy atom. The van der Waals surface area contributed by atoms with Crippen LogP contribution in [-0.4, -0.2) is 29.1 Å². The first-order chi connectivity index (χ1) is 11.5. The number of carbonyl (C=O) groups excluding carboxylic acids is 1. The topological polar surface area (TPSA) is 46.3 Å². The van der Waals surface area contributed by atoms with E-state index in [1.807, 2.05) is 0 Å². The molecule has 2 heterocycles. The van der Waals surface area contributed by atoms with Gasteiger partial charge in [0.15, 0.2) is 0 Å². The van der Waals surface area contributed by atoms with Gasteiger partial charge >= 0.3 is 0 Å². The molecule has 128 valence electrons. The van der Waals surface area contributed by atoms with Crippen LogP contribution in [0.4, 0.5) is 8.78 Å². The molecule has 0 saturated carbocycles. The van der Waals surface area contributed by atoms with E-state index in [4.69, 9.17) is 4.52 Å². The van der Waals surface area contributed by atoms with Crippen molar-refractivity contribution in [1.82, 2.24) is 10.1 Å². The van der Waals surface area contributed by atoms with Crippen LogP contribution in [0, 0.1) is 24.5 Å². The molecule has 1 aliphatic rings. The Labute approximate surface area is 139 Å². The molecule has 24 heavy (non-hydrogen) atoms. The summed E-state index contributed by atoms with van der Waals surface area (Å²) in [5, 5.41) is 3.74. The Morgan fingerprint density at radius 3 is 2.79 bits per heavy atom. The summed E-state index contributed by atoms with van der Waals surface area (Å²) in [5.74, 6) is -0.705. The standard InChI is InChI=1S/C18H20F2N2O2/c1-12-10-17(24-21-12)18(23)22-9-3-4-13(11-22)7-8-14-15(19)5-2-6-16(14)20/h2,5-6,10,13H,3-4,7-9,11H2,1H3. The lowest BCUT2D eigenvalue weighted by molar-refractivity contribution is 0.0626. The SMILES string of the molecule is Cc1cc(C(=O)N2CCCC(CCc3c(F)cccc3F)C2)on1. The quantitative estimate of drug-likeness (QED) is 0.855. The number of likely N-dealkylation sites (tertiary alicyclic amines) is 1. The molecule has 0 spiro atoms. The average molecular weight is 334 g/mol. The molecule has 6 heteroatoms. The molecule has 0 N–H and O–H groups in total. The van der Waals surface area contributed by atoms with Gasteiger partial charge in [0.05, 0.1) is 5.69 Å². The number of rotatable bonds is 4. The molecule has 1 unspecified atom stereocenters. The van der Waals surface area contributed by atoms with Crippen LogP contribution in [-0.2, 0) is 6.42 Å². The van der Waals surface area contributed by atoms with Crippen molar-refractivity contribution >= 4 is 5.91 Å². The lowest BCUT2D eigenvalue weighted by Gasteiger charge is -2.32. The van der Waals surface area contributed by atoms with Gasteiger partial charge < -0.3 is 9.42 Å². The van der Waals surface area contributed by atoms with Gasteiger partial charge in [0.1, 0.15) is 11.6 Å². The minimum Gasteiger partial charge on any atom is -0.351 e. The summed E-state index contributed by atoms with van der Waals surface area (Å²) in [7, 11) is 0. The minimum absolute atomic E-state index is 0.131. The number of benzene rings is 1. The third kappa shape index (κ3) is 3.63. The summed E-state index contributed by atoms with van der Waals surface area (Å²) >= 11 is 0. The lowest BCUT2D eigenvalue weighted by atomic mass is 9.91. The molecule has 2 aromatic rings. The Balaban J connectivity index is 1.60. The average Bonchev–Trinajstić information content (AvgIpc) is 3.00. The van der Waals surface area contributed by atoms with Crippen molar-refractivity contribution in [3.63, 3.8) is 0 Å². The smallest absolute Gasteiger partial charge is 0.292 e. The highest BCUT2D eigenvalue weighted by Gasteiger charge is 2.27. The van der Waals surface area contributed by atoms with E-state index in [1.54, 1.807) is 17.9 Å². The molecule has 1 fully saturated rings. The maximum Gasteiger partial charge on any atom is 0.292 e. The maximum absolute atomic E-state index is 13.7. The van der Waals surface area contributed by atoms with Crippen LogP contribution in [0.2, 0.25) is 0 Å². The van der Waals surface area contributed by atoms with Crippen LogP contribution in [0.1, 0.15) is 41.1 Å². The highest BCUT2D eigenvalue weighted by atomic mass is 19.1. The molecule has 1 aromatic heterocycles. The van der Waals surface area contributed by atoms with E-state index in [1.165, 1.54) is 18.2 Å². The second kappa shape index (κ2) is 7.11. The van der Waals surface area contributed by atoms with Crippen LogP contribution < -0.4 is 0 Å². The van der Waals surface area contributed by atoms with E-state index in [2.05, 4.69) is 5.16 Å². The monoisotopic (exact) mass is 334 g/mol. The largest absolute Gasteiger partial charge is 0.351 e. The number of aromatic nitrogens is 1. The van der Waals surface area contributed by atoms with Gasteiger partial charge in [0.25, 0.3) is 5.91 Å². The fourth-order valence-corrected chi connectivity index (χ4v) is 3.22. The second-order valence-electron chi connectivity index (χ2n) is 6.33. The van der Waals surface area contributed by atoms with Crippen molar-refractivity contribution in [2.45, 2.75) is 32.6 Å². The zero-order valence-corrected chi connectivity index (χ0v) is 13.6. The van der Waals surface area contributed by atoms with Crippen LogP contribution in [0.25, 0.3) is 0 Å². The van der Waals surface area contributed by atoms with Crippen molar-refractivity contribution in [2.75, 3.05) is 13.1 Å². The van der Waals surface area contributed by atoms with E-state index >= 15 is 0 Å². The minimum atomic E-state index is -0.504. The Bertz CT molecular complexity index is 709. The number of hydrogen-bond donors (Lipinski definition) is 0. The van der Waals surface area contributed by atoms with E-state index in [0.29, 0.717) is 31.6 Å². The normalized spacial score (nSPS) is 18.0. The van der Waals surface area contributed by atoms with Crippen molar-refractivity contribution in [1.29, 1.82) is 0 Å². The van der Waals surface area contributed by atoms with Crippen LogP contribution in [0.3, 0.4) is 0 Å². The van der Waals surface area contributed by atoms with Gasteiger partial charge in [-0.05, 0) is 50.7 Å². The lowest BCUT2D eigenvalue weighted by Crippen LogP contribution is -2.40. The van der Waals surface area contributed by atoms with Gasteiger partial charge in [-0.2, -0.15) is 0 Å². The molecular formula is C18H20F2N2O2. The van der Waals surface area contributed by atoms with Crippen molar-refractivity contribution in [3.05, 3.63) is 52.9 Å². The number of halogens is 2. The van der Waals surface area contributed by atoms with E-state index in [9.17, 15) is 13.6 Å². The third-order valence-corrected chi connectivity index (χ3v) is 4.51. The molecule has 1 aliphatic heterocycles. The predicted octanol–water partition coefficient (Wildman–Crippen LogP) is 3.75. The molecule has 1 amide bonds. The van der Waals surface area contributed by atoms with Gasteiger partial charge in [0, 0.05) is 24.7 Å². The highest BCUT2D eigenvalue weighted by Crippen LogP contribution is 2.24. The van der Waals surface area contributed by atoms with Gasteiger partial charge in [-0.25, -0.2) is 8.78 Å². The fraction of sp³-hybridized carbons (Fsp3) is 0.444. The molecule has 3 rings (SSSR count). The number of amides is 1. The number of nitrogens with zero attached hydrogens (tertiary/aromatic N) is 2. The highest BCUT2D eigenvalue weighted by molar-refractivity contribution is 5.91. The molecule has 1 atom stereocenters. The number of carbonyl (C=O) groups is 1. The molecule has 1 saturated heterocycles. The fourth-order valence-electron chi connectivity index (χ4n) is 3.22. The summed E-state index contributed by atoms with van der Waals surface area (Å²) in [6, 6.07) is 5.55. The Morgan fingerprint density at radius 2 is 2.12 bits per heavy atom. The van der Waals surface area contributed by atoms with Gasteiger partial charge in [0.2, 0.25) is 5.76 Å². The maximum atomic E-state index is 13.7. The summed E-state index contributed by atoms with van der Waals surface area (Å²) in [5.41, 5.74) is 0.800. The third-order valence-electron chi connectivity index (χ3n) is 4.51. The van der Waals surface area contributed by atoms with Crippen molar-refractivity contribution < 1.29 is 18.1 Å². The van der Waals surface area contributed by atoms with E-state index < -0.39 is 11.6 Å². The molecule has 0 bridgehead atoms. The van der Waals surface area contributed by atoms with Gasteiger partial charge in [-0.3, -0.25) is 4.79 Å². The molecule has 4 nitrogen and oxygen atoms in total. The predicted molar refractivity (Wildman–Crippen MR) is 84.5 cm³/mol. The number of piperidine rings is 1. The van der Waals surface area contributed by atoms with Gasteiger partial charge in [-0.15, -0.1) is 0 Å². The number of aryl methyl sites for hydroxylation is 1. The van der Waals surface area contributed by atoms with E-state index in [-0.39, 0.29) is 23.1 Å². The number of hydrogen-bond acceptors (Lipinski definition) is 3. The van der Waals surface area contributed by atoms with Crippen LogP contribution in [0.15, 0.2) is 28.8 Å². The molecule has 1 aromatic carbocycles. The van der Waals surface area contributed by atoms with Crippen LogP contribution >= 0.6 is 0 Å². The Kier molecular flexibility index (Phi) is 4.92. The van der Waals surface area contributed by atoms with Gasteiger partial charge in [-0.1, -0.05) is 11.2 Å². The summed E-state index contributed by atoms with van der Waals surface area (Å²) in [6.45, 7) is 3.01. The zero-order valence-electron chi connectivity index (χ0n) is 13.6. The van der Waals surface area contributed by atoms with Crippen molar-refractivity contribution in [3.8, 4) is 0 Å². The van der Waals surface area contributed by atoms with E-state index in [0.717, 1.165) is 12.8 Å². The van der Waals surface area contributed by atoms with Crippen molar-refractivity contribution in [2.24, 2.45) is 5.92 Å². The first-order valence-corrected chi connectivity index (χ1v) is 8.20. The first kappa shape index (κ1) is 16.6. The molecule has 0 radical (unpaired) electrons. The summed E-state index contributed by atoms with van der Waals surface area (Å²) < 4.78 is 32.5. The molecular weight excluding hydrogens is 314 g/mol. The second-order valence-corrected chi connectivity index (χ2v) is 6.33. The first-order valence-electron chi connectivity index (χ1n) is 8.20. The summed E-state index contributed by atoms with van der Waals surface area (Å²) in [4.78, 5) is 14.2. The Hall–Kier alpha value is -2.24. The molecule has 0 aliphatic carbocycles. The van der Waals surface area contributed by atoms with Crippen LogP contribution in [0.5, 0.6) is 0 Å².